The van der Waals surface area contributed by atoms with Crippen LogP contribution in [0.3, 0.4) is 0 Å². The van der Waals surface area contributed by atoms with Crippen molar-refractivity contribution >= 4 is 23.6 Å². The number of aliphatic imine (C=N–C) groups is 1. The highest BCUT2D eigenvalue weighted by Gasteiger charge is 2.36. The summed E-state index contributed by atoms with van der Waals surface area (Å²) in [6.07, 6.45) is -1.54. The standard InChI is InChI=1S/C29H39N3O4.C4H6O5/c1-7-36-27-14-22-23(15-26(27)35-6)28(30-25-12-13-31(5)16-24(22)25)20-8-10-21(11-9-20)29(34)32(18(2)3)19(4)17-33;5-2(4(8)9)1-3(6)7/h8-11,14-15,18-19,24-25,33H,7,12-13,16-17H2,1-6H3;2,5H,1H2,(H,6,7)(H,8,9)/t19-,24+,25+;2-/m00/s1. The summed E-state index contributed by atoms with van der Waals surface area (Å²) in [6.45, 7) is 10.2. The summed E-state index contributed by atoms with van der Waals surface area (Å²) in [6, 6.07) is 11.8. The zero-order valence-electron chi connectivity index (χ0n) is 26.8. The summed E-state index contributed by atoms with van der Waals surface area (Å²) >= 11 is 0. The Morgan fingerprint density at radius 3 is 2.27 bits per heavy atom. The van der Waals surface area contributed by atoms with Crippen molar-refractivity contribution in [2.24, 2.45) is 4.99 Å². The highest BCUT2D eigenvalue weighted by molar-refractivity contribution is 6.15. The lowest BCUT2D eigenvalue weighted by Gasteiger charge is -2.39. The van der Waals surface area contributed by atoms with Crippen LogP contribution in [-0.2, 0) is 9.59 Å². The number of rotatable bonds is 11. The minimum absolute atomic E-state index is 0.0118. The number of aliphatic hydroxyl groups is 2. The van der Waals surface area contributed by atoms with Gasteiger partial charge in [-0.05, 0) is 77.5 Å². The Bertz CT molecular complexity index is 1380. The molecule has 0 aromatic heterocycles. The molecule has 4 rings (SSSR count). The van der Waals surface area contributed by atoms with E-state index in [1.807, 2.05) is 58.0 Å². The molecule has 1 fully saturated rings. The molecule has 2 aliphatic rings. The molecule has 2 aromatic carbocycles. The quantitative estimate of drug-likeness (QED) is 0.291. The number of methoxy groups -OCH3 is 1. The van der Waals surface area contributed by atoms with Crippen LogP contribution in [0.4, 0.5) is 0 Å². The summed E-state index contributed by atoms with van der Waals surface area (Å²) in [5.74, 6) is -1.17. The Hall–Kier alpha value is -4.00. The lowest BCUT2D eigenvalue weighted by atomic mass is 9.79. The predicted molar refractivity (Wildman–Crippen MR) is 169 cm³/mol. The maximum Gasteiger partial charge on any atom is 0.333 e. The first kappa shape index (κ1) is 35.5. The fraction of sp³-hybridized carbons (Fsp3) is 0.515. The van der Waals surface area contributed by atoms with Crippen LogP contribution < -0.4 is 9.47 Å². The Kier molecular flexibility index (Phi) is 12.5. The normalized spacial score (nSPS) is 18.7. The summed E-state index contributed by atoms with van der Waals surface area (Å²) in [5.41, 5.74) is 4.81. The Labute approximate surface area is 263 Å². The zero-order valence-corrected chi connectivity index (χ0v) is 26.8. The number of aliphatic hydroxyl groups excluding tert-OH is 2. The number of benzene rings is 2. The van der Waals surface area contributed by atoms with Crippen LogP contribution in [0.15, 0.2) is 41.4 Å². The second-order valence-electron chi connectivity index (χ2n) is 11.6. The lowest BCUT2D eigenvalue weighted by molar-refractivity contribution is -0.152. The van der Waals surface area contributed by atoms with E-state index in [4.69, 9.17) is 29.8 Å². The molecule has 4 N–H and O–H groups in total. The first-order valence-electron chi connectivity index (χ1n) is 15.1. The van der Waals surface area contributed by atoms with Crippen LogP contribution >= 0.6 is 0 Å². The molecule has 0 radical (unpaired) electrons. The van der Waals surface area contributed by atoms with Gasteiger partial charge in [-0.3, -0.25) is 14.6 Å². The molecule has 0 bridgehead atoms. The number of fused-ring (bicyclic) bond motifs is 3. The molecule has 0 saturated carbocycles. The maximum absolute atomic E-state index is 13.2. The van der Waals surface area contributed by atoms with E-state index in [0.29, 0.717) is 23.8 Å². The molecule has 2 aliphatic heterocycles. The first-order valence-corrected chi connectivity index (χ1v) is 15.1. The van der Waals surface area contributed by atoms with Gasteiger partial charge in [0, 0.05) is 35.2 Å². The SMILES string of the molecule is CCOc1cc2c(cc1OC)C(c1ccc(C(=O)N(C(C)C)[C@@H](C)CO)cc1)=N[C@@H]1CCN(C)C[C@H]21.O=C(O)C[C@H](O)C(=O)O. The van der Waals surface area contributed by atoms with Gasteiger partial charge in [0.1, 0.15) is 0 Å². The van der Waals surface area contributed by atoms with Crippen LogP contribution in [0.25, 0.3) is 0 Å². The van der Waals surface area contributed by atoms with Crippen LogP contribution in [0, 0.1) is 0 Å². The Morgan fingerprint density at radius 1 is 1.09 bits per heavy atom. The van der Waals surface area contributed by atoms with E-state index in [-0.39, 0.29) is 30.6 Å². The number of likely N-dealkylation sites (N-methyl/N-ethyl adjacent to an activating group) is 1. The Morgan fingerprint density at radius 2 is 1.76 bits per heavy atom. The molecule has 2 heterocycles. The topological polar surface area (TPSA) is 169 Å². The smallest absolute Gasteiger partial charge is 0.333 e. The summed E-state index contributed by atoms with van der Waals surface area (Å²) in [4.78, 5) is 42.0. The molecule has 0 spiro atoms. The van der Waals surface area contributed by atoms with Crippen LogP contribution in [0.2, 0.25) is 0 Å². The number of piperidine rings is 1. The predicted octanol–water partition coefficient (Wildman–Crippen LogP) is 2.87. The number of nitrogens with zero attached hydrogens (tertiary/aromatic N) is 3. The van der Waals surface area contributed by atoms with Crippen molar-refractivity contribution in [1.29, 1.82) is 0 Å². The maximum atomic E-state index is 13.2. The monoisotopic (exact) mass is 627 g/mol. The van der Waals surface area contributed by atoms with Gasteiger partial charge < -0.3 is 39.7 Å². The second kappa shape index (κ2) is 15.8. The van der Waals surface area contributed by atoms with Gasteiger partial charge in [-0.2, -0.15) is 0 Å². The number of likely N-dealkylation sites (tertiary alicyclic amines) is 1. The summed E-state index contributed by atoms with van der Waals surface area (Å²) in [7, 11) is 3.82. The third-order valence-electron chi connectivity index (χ3n) is 7.95. The minimum atomic E-state index is -1.79. The van der Waals surface area contributed by atoms with Gasteiger partial charge in [-0.15, -0.1) is 0 Å². The molecule has 4 atom stereocenters. The van der Waals surface area contributed by atoms with E-state index in [2.05, 4.69) is 18.0 Å². The minimum Gasteiger partial charge on any atom is -0.493 e. The van der Waals surface area contributed by atoms with Gasteiger partial charge >= 0.3 is 11.9 Å². The van der Waals surface area contributed by atoms with E-state index in [0.717, 1.165) is 42.1 Å². The van der Waals surface area contributed by atoms with E-state index in [1.165, 1.54) is 5.56 Å². The lowest BCUT2D eigenvalue weighted by Crippen LogP contribution is -2.45. The average molecular weight is 628 g/mol. The summed E-state index contributed by atoms with van der Waals surface area (Å²) < 4.78 is 11.6. The van der Waals surface area contributed by atoms with Crippen molar-refractivity contribution in [3.05, 3.63) is 58.7 Å². The van der Waals surface area contributed by atoms with E-state index >= 15 is 0 Å². The van der Waals surface area contributed by atoms with Gasteiger partial charge in [-0.1, -0.05) is 12.1 Å². The highest BCUT2D eigenvalue weighted by Crippen LogP contribution is 2.42. The molecule has 1 saturated heterocycles. The van der Waals surface area contributed by atoms with Crippen molar-refractivity contribution in [2.45, 2.75) is 70.7 Å². The van der Waals surface area contributed by atoms with Gasteiger partial charge in [0.2, 0.25) is 0 Å². The molecule has 0 unspecified atom stereocenters. The van der Waals surface area contributed by atoms with Crippen LogP contribution in [-0.4, -0.2) is 118 Å². The van der Waals surface area contributed by atoms with Gasteiger partial charge in [-0.25, -0.2) is 4.79 Å². The molecule has 246 valence electrons. The van der Waals surface area contributed by atoms with Gasteiger partial charge in [0.25, 0.3) is 5.91 Å². The molecule has 45 heavy (non-hydrogen) atoms. The van der Waals surface area contributed by atoms with Crippen molar-refractivity contribution in [2.75, 3.05) is 40.5 Å². The molecule has 1 amide bonds. The molecule has 12 nitrogen and oxygen atoms in total. The molecule has 12 heteroatoms. The first-order chi connectivity index (χ1) is 21.3. The van der Waals surface area contributed by atoms with Gasteiger partial charge in [0.15, 0.2) is 17.6 Å². The third-order valence-corrected chi connectivity index (χ3v) is 7.95. The van der Waals surface area contributed by atoms with Crippen molar-refractivity contribution in [3.8, 4) is 11.5 Å². The van der Waals surface area contributed by atoms with Crippen LogP contribution in [0.5, 0.6) is 11.5 Å². The van der Waals surface area contributed by atoms with E-state index < -0.39 is 24.5 Å². The number of carbonyl (C=O) groups is 3. The number of carboxylic acids is 2. The zero-order chi connectivity index (χ0) is 33.4. The largest absolute Gasteiger partial charge is 0.493 e. The number of aliphatic carboxylic acids is 2. The van der Waals surface area contributed by atoms with Crippen LogP contribution in [0.1, 0.15) is 73.5 Å². The molecular weight excluding hydrogens is 582 g/mol. The fourth-order valence-corrected chi connectivity index (χ4v) is 5.75. The number of ether oxygens (including phenoxy) is 2. The number of amides is 1. The average Bonchev–Trinajstić information content (AvgIpc) is 3.00. The molecular formula is C33H45N3O9. The third kappa shape index (κ3) is 8.59. The van der Waals surface area contributed by atoms with Crippen molar-refractivity contribution in [1.82, 2.24) is 9.80 Å². The van der Waals surface area contributed by atoms with E-state index in [1.54, 1.807) is 12.0 Å². The van der Waals surface area contributed by atoms with Crippen molar-refractivity contribution in [3.63, 3.8) is 0 Å². The highest BCUT2D eigenvalue weighted by atomic mass is 16.5. The fourth-order valence-electron chi connectivity index (χ4n) is 5.75. The second-order valence-corrected chi connectivity index (χ2v) is 11.6. The molecule has 2 aromatic rings. The van der Waals surface area contributed by atoms with Crippen molar-refractivity contribution < 1.29 is 44.3 Å². The van der Waals surface area contributed by atoms with E-state index in [9.17, 15) is 19.5 Å². The number of carbonyl (C=O) groups excluding carboxylic acids is 1. The van der Waals surface area contributed by atoms with Gasteiger partial charge in [0.05, 0.1) is 44.5 Å². The Balaban J connectivity index is 0.000000535. The summed E-state index contributed by atoms with van der Waals surface area (Å²) in [5, 5.41) is 33.8. The number of carboxylic acid groups (broad SMARTS) is 2. The number of hydrogen-bond acceptors (Lipinski definition) is 9. The number of hydrogen-bond donors (Lipinski definition) is 4. The molecule has 0 aliphatic carbocycles.